The van der Waals surface area contributed by atoms with Crippen LogP contribution in [0.4, 0.5) is 11.4 Å². The summed E-state index contributed by atoms with van der Waals surface area (Å²) < 4.78 is 0. The smallest absolute Gasteiger partial charge is 0.0942 e. The molecular weight excluding hydrogens is 266 g/mol. The van der Waals surface area contributed by atoms with Crippen molar-refractivity contribution in [3.8, 4) is 0 Å². The van der Waals surface area contributed by atoms with E-state index in [0.717, 1.165) is 31.9 Å². The molecule has 1 unspecified atom stereocenters. The molecule has 5 heteroatoms. The topological polar surface area (TPSA) is 59.0 Å². The molecule has 3 N–H and O–H groups in total. The summed E-state index contributed by atoms with van der Waals surface area (Å²) in [6.45, 7) is 8.99. The number of piperazine rings is 1. The zero-order valence-corrected chi connectivity index (χ0v) is 13.0. The molecule has 118 valence electrons. The Bertz CT molecular complexity index is 414. The minimum absolute atomic E-state index is 0.217. The predicted octanol–water partition coefficient (Wildman–Crippen LogP) is 0.982. The van der Waals surface area contributed by atoms with E-state index in [1.54, 1.807) is 0 Å². The molecule has 0 aliphatic carbocycles. The van der Waals surface area contributed by atoms with Gasteiger partial charge in [-0.15, -0.1) is 0 Å². The minimum Gasteiger partial charge on any atom is -0.394 e. The van der Waals surface area contributed by atoms with Gasteiger partial charge < -0.3 is 20.4 Å². The van der Waals surface area contributed by atoms with Crippen LogP contribution in [0, 0.1) is 0 Å². The van der Waals surface area contributed by atoms with Crippen LogP contribution in [0.2, 0.25) is 0 Å². The van der Waals surface area contributed by atoms with Crippen molar-refractivity contribution >= 4 is 11.4 Å². The SMILES string of the molecule is CC(C)N1CCN(c2ccc(NCC(O)CO)cc2)CC1. The number of nitrogens with one attached hydrogen (secondary N) is 1. The summed E-state index contributed by atoms with van der Waals surface area (Å²) in [6, 6.07) is 8.89. The van der Waals surface area contributed by atoms with Gasteiger partial charge >= 0.3 is 0 Å². The molecule has 0 radical (unpaired) electrons. The van der Waals surface area contributed by atoms with Gasteiger partial charge in [-0.1, -0.05) is 0 Å². The summed E-state index contributed by atoms with van der Waals surface area (Å²) in [6.07, 6.45) is -0.714. The van der Waals surface area contributed by atoms with E-state index in [-0.39, 0.29) is 6.61 Å². The number of hydrogen-bond acceptors (Lipinski definition) is 5. The van der Waals surface area contributed by atoms with Crippen LogP contribution in [-0.2, 0) is 0 Å². The van der Waals surface area contributed by atoms with Gasteiger partial charge in [0.2, 0.25) is 0 Å². The zero-order chi connectivity index (χ0) is 15.2. The number of anilines is 2. The van der Waals surface area contributed by atoms with Gasteiger partial charge in [-0.2, -0.15) is 0 Å². The molecule has 1 aromatic rings. The number of rotatable bonds is 6. The van der Waals surface area contributed by atoms with Gasteiger partial charge in [0, 0.05) is 50.1 Å². The molecule has 21 heavy (non-hydrogen) atoms. The van der Waals surface area contributed by atoms with E-state index in [9.17, 15) is 5.11 Å². The summed E-state index contributed by atoms with van der Waals surface area (Å²) in [7, 11) is 0. The van der Waals surface area contributed by atoms with Crippen molar-refractivity contribution in [3.63, 3.8) is 0 Å². The normalized spacial score (nSPS) is 18.0. The Morgan fingerprint density at radius 1 is 1.10 bits per heavy atom. The third-order valence-corrected chi connectivity index (χ3v) is 4.03. The summed E-state index contributed by atoms with van der Waals surface area (Å²) in [5, 5.41) is 21.2. The predicted molar refractivity (Wildman–Crippen MR) is 86.9 cm³/mol. The van der Waals surface area contributed by atoms with Crippen molar-refractivity contribution < 1.29 is 10.2 Å². The molecule has 1 atom stereocenters. The molecule has 0 spiro atoms. The van der Waals surface area contributed by atoms with Gasteiger partial charge in [0.25, 0.3) is 0 Å². The molecule has 1 aromatic carbocycles. The first kappa shape index (κ1) is 16.1. The van der Waals surface area contributed by atoms with E-state index in [1.807, 2.05) is 12.1 Å². The summed E-state index contributed by atoms with van der Waals surface area (Å²) in [5.74, 6) is 0. The highest BCUT2D eigenvalue weighted by molar-refractivity contribution is 5.55. The van der Waals surface area contributed by atoms with Crippen molar-refractivity contribution in [2.24, 2.45) is 0 Å². The highest BCUT2D eigenvalue weighted by Crippen LogP contribution is 2.20. The lowest BCUT2D eigenvalue weighted by atomic mass is 10.2. The number of hydrogen-bond donors (Lipinski definition) is 3. The van der Waals surface area contributed by atoms with Gasteiger partial charge in [0.05, 0.1) is 12.7 Å². The number of benzene rings is 1. The molecule has 0 aromatic heterocycles. The second kappa shape index (κ2) is 7.64. The molecule has 2 rings (SSSR count). The maximum atomic E-state index is 9.32. The van der Waals surface area contributed by atoms with Gasteiger partial charge in [-0.3, -0.25) is 4.90 Å². The zero-order valence-electron chi connectivity index (χ0n) is 13.0. The van der Waals surface area contributed by atoms with Gasteiger partial charge in [-0.25, -0.2) is 0 Å². The van der Waals surface area contributed by atoms with Crippen LogP contribution >= 0.6 is 0 Å². The van der Waals surface area contributed by atoms with Crippen LogP contribution < -0.4 is 10.2 Å². The number of aliphatic hydroxyl groups excluding tert-OH is 2. The fourth-order valence-electron chi connectivity index (χ4n) is 2.59. The number of aliphatic hydroxyl groups is 2. The van der Waals surface area contributed by atoms with Gasteiger partial charge in [0.1, 0.15) is 0 Å². The second-order valence-electron chi connectivity index (χ2n) is 5.88. The number of nitrogens with zero attached hydrogens (tertiary/aromatic N) is 2. The van der Waals surface area contributed by atoms with E-state index in [4.69, 9.17) is 5.11 Å². The maximum absolute atomic E-state index is 9.32. The van der Waals surface area contributed by atoms with Gasteiger partial charge in [-0.05, 0) is 38.1 Å². The highest BCUT2D eigenvalue weighted by Gasteiger charge is 2.18. The molecule has 0 saturated carbocycles. The minimum atomic E-state index is -0.714. The van der Waals surface area contributed by atoms with E-state index in [2.05, 4.69) is 41.1 Å². The van der Waals surface area contributed by atoms with Crippen LogP contribution in [-0.4, -0.2) is 66.6 Å². The van der Waals surface area contributed by atoms with E-state index in [0.29, 0.717) is 12.6 Å². The summed E-state index contributed by atoms with van der Waals surface area (Å²) in [5.41, 5.74) is 2.21. The van der Waals surface area contributed by atoms with Crippen molar-refractivity contribution in [2.75, 3.05) is 49.5 Å². The molecular formula is C16H27N3O2. The van der Waals surface area contributed by atoms with Gasteiger partial charge in [0.15, 0.2) is 0 Å². The quantitative estimate of drug-likeness (QED) is 0.730. The maximum Gasteiger partial charge on any atom is 0.0942 e. The Morgan fingerprint density at radius 2 is 1.71 bits per heavy atom. The standard InChI is InChI=1S/C16H27N3O2/c1-13(2)18-7-9-19(10-8-18)15-5-3-14(4-6-15)17-11-16(21)12-20/h3-6,13,16-17,20-21H,7-12H2,1-2H3. The largest absolute Gasteiger partial charge is 0.394 e. The molecule has 0 bridgehead atoms. The first-order valence-corrected chi connectivity index (χ1v) is 7.72. The average molecular weight is 293 g/mol. The lowest BCUT2D eigenvalue weighted by Crippen LogP contribution is -2.48. The monoisotopic (exact) mass is 293 g/mol. The fraction of sp³-hybridized carbons (Fsp3) is 0.625. The average Bonchev–Trinajstić information content (AvgIpc) is 2.53. The highest BCUT2D eigenvalue weighted by atomic mass is 16.3. The third-order valence-electron chi connectivity index (χ3n) is 4.03. The molecule has 1 fully saturated rings. The summed E-state index contributed by atoms with van der Waals surface area (Å²) >= 11 is 0. The Labute approximate surface area is 127 Å². The first-order chi connectivity index (χ1) is 10.1. The van der Waals surface area contributed by atoms with Crippen LogP contribution in [0.25, 0.3) is 0 Å². The van der Waals surface area contributed by atoms with Crippen molar-refractivity contribution in [2.45, 2.75) is 26.0 Å². The lowest BCUT2D eigenvalue weighted by molar-refractivity contribution is 0.105. The molecule has 1 aliphatic heterocycles. The summed E-state index contributed by atoms with van der Waals surface area (Å²) in [4.78, 5) is 4.91. The Balaban J connectivity index is 1.85. The van der Waals surface area contributed by atoms with Crippen LogP contribution in [0.1, 0.15) is 13.8 Å². The molecule has 1 heterocycles. The molecule has 1 aliphatic rings. The Kier molecular flexibility index (Phi) is 5.85. The molecule has 0 amide bonds. The van der Waals surface area contributed by atoms with Crippen molar-refractivity contribution in [1.82, 2.24) is 4.90 Å². The van der Waals surface area contributed by atoms with Crippen LogP contribution in [0.3, 0.4) is 0 Å². The van der Waals surface area contributed by atoms with Crippen molar-refractivity contribution in [3.05, 3.63) is 24.3 Å². The van der Waals surface area contributed by atoms with Crippen molar-refractivity contribution in [1.29, 1.82) is 0 Å². The van der Waals surface area contributed by atoms with E-state index < -0.39 is 6.10 Å². The lowest BCUT2D eigenvalue weighted by Gasteiger charge is -2.38. The fourth-order valence-corrected chi connectivity index (χ4v) is 2.59. The first-order valence-electron chi connectivity index (χ1n) is 7.72. The van der Waals surface area contributed by atoms with Crippen LogP contribution in [0.15, 0.2) is 24.3 Å². The molecule has 1 saturated heterocycles. The molecule has 5 nitrogen and oxygen atoms in total. The Hall–Kier alpha value is -1.30. The second-order valence-corrected chi connectivity index (χ2v) is 5.88. The Morgan fingerprint density at radius 3 is 2.24 bits per heavy atom. The van der Waals surface area contributed by atoms with E-state index in [1.165, 1.54) is 5.69 Å². The van der Waals surface area contributed by atoms with Crippen LogP contribution in [0.5, 0.6) is 0 Å². The third kappa shape index (κ3) is 4.59. The van der Waals surface area contributed by atoms with E-state index >= 15 is 0 Å².